The third-order valence-electron chi connectivity index (χ3n) is 3.39. The molecular formula is C13H16N2O4. The van der Waals surface area contributed by atoms with E-state index in [4.69, 9.17) is 19.9 Å². The number of ether oxygens (including phenoxy) is 3. The van der Waals surface area contributed by atoms with Crippen molar-refractivity contribution in [2.75, 3.05) is 20.0 Å². The summed E-state index contributed by atoms with van der Waals surface area (Å²) in [6.45, 7) is 1.45. The van der Waals surface area contributed by atoms with E-state index < -0.39 is 0 Å². The molecule has 0 aromatic heterocycles. The first-order chi connectivity index (χ1) is 9.25. The molecule has 6 nitrogen and oxygen atoms in total. The summed E-state index contributed by atoms with van der Waals surface area (Å²) in [4.78, 5) is 12.0. The largest absolute Gasteiger partial charge is 0.454 e. The van der Waals surface area contributed by atoms with Crippen LogP contribution >= 0.6 is 0 Å². The highest BCUT2D eigenvalue weighted by molar-refractivity contribution is 5.80. The van der Waals surface area contributed by atoms with Gasteiger partial charge < -0.3 is 25.3 Å². The summed E-state index contributed by atoms with van der Waals surface area (Å²) in [5, 5.41) is 2.87. The smallest absolute Gasteiger partial charge is 0.231 e. The standard InChI is InChI=1S/C13H16N2O4/c14-10-6-17-5-9(10)13(16)15-4-8-2-1-3-11-12(8)19-7-18-11/h1-3,9-10H,4-7,14H2,(H,15,16). The molecule has 0 radical (unpaired) electrons. The molecule has 0 spiro atoms. The van der Waals surface area contributed by atoms with Crippen LogP contribution in [0.5, 0.6) is 11.5 Å². The van der Waals surface area contributed by atoms with Crippen LogP contribution in [-0.4, -0.2) is 32.0 Å². The van der Waals surface area contributed by atoms with Crippen LogP contribution in [0, 0.1) is 5.92 Å². The van der Waals surface area contributed by atoms with E-state index in [-0.39, 0.29) is 24.7 Å². The van der Waals surface area contributed by atoms with Gasteiger partial charge in [-0.3, -0.25) is 4.79 Å². The predicted octanol–water partition coefficient (Wildman–Crippen LogP) is 0.00520. The summed E-state index contributed by atoms with van der Waals surface area (Å²) >= 11 is 0. The van der Waals surface area contributed by atoms with Gasteiger partial charge >= 0.3 is 0 Å². The molecule has 1 amide bonds. The maximum atomic E-state index is 12.0. The van der Waals surface area contributed by atoms with E-state index in [2.05, 4.69) is 5.32 Å². The zero-order valence-electron chi connectivity index (χ0n) is 10.4. The van der Waals surface area contributed by atoms with Crippen molar-refractivity contribution >= 4 is 5.91 Å². The molecule has 1 fully saturated rings. The van der Waals surface area contributed by atoms with E-state index in [9.17, 15) is 4.79 Å². The summed E-state index contributed by atoms with van der Waals surface area (Å²) in [5.41, 5.74) is 6.71. The molecule has 1 saturated heterocycles. The fourth-order valence-corrected chi connectivity index (χ4v) is 2.28. The highest BCUT2D eigenvalue weighted by atomic mass is 16.7. The molecule has 2 aliphatic rings. The average molecular weight is 264 g/mol. The zero-order chi connectivity index (χ0) is 13.2. The molecule has 102 valence electrons. The molecule has 2 unspecified atom stereocenters. The first-order valence-corrected chi connectivity index (χ1v) is 6.24. The van der Waals surface area contributed by atoms with Gasteiger partial charge in [-0.1, -0.05) is 12.1 Å². The van der Waals surface area contributed by atoms with E-state index >= 15 is 0 Å². The molecule has 3 N–H and O–H groups in total. The molecule has 0 bridgehead atoms. The number of benzene rings is 1. The SMILES string of the molecule is NC1COCC1C(=O)NCc1cccc2c1OCO2. The Morgan fingerprint density at radius 2 is 2.26 bits per heavy atom. The van der Waals surface area contributed by atoms with Crippen molar-refractivity contribution in [2.45, 2.75) is 12.6 Å². The lowest BCUT2D eigenvalue weighted by atomic mass is 10.0. The van der Waals surface area contributed by atoms with Gasteiger partial charge in [-0.05, 0) is 6.07 Å². The Labute approximate surface area is 110 Å². The van der Waals surface area contributed by atoms with Crippen molar-refractivity contribution in [2.24, 2.45) is 11.7 Å². The molecule has 6 heteroatoms. The number of nitrogens with one attached hydrogen (secondary N) is 1. The van der Waals surface area contributed by atoms with Gasteiger partial charge in [0.2, 0.25) is 12.7 Å². The summed E-state index contributed by atoms with van der Waals surface area (Å²) in [6, 6.07) is 5.40. The van der Waals surface area contributed by atoms with Crippen LogP contribution in [0.25, 0.3) is 0 Å². The molecule has 2 aliphatic heterocycles. The lowest BCUT2D eigenvalue weighted by molar-refractivity contribution is -0.125. The Balaban J connectivity index is 1.63. The number of fused-ring (bicyclic) bond motifs is 1. The van der Waals surface area contributed by atoms with Crippen LogP contribution in [0.4, 0.5) is 0 Å². The van der Waals surface area contributed by atoms with E-state index in [0.29, 0.717) is 31.3 Å². The van der Waals surface area contributed by atoms with Gasteiger partial charge in [0.25, 0.3) is 0 Å². The van der Waals surface area contributed by atoms with Crippen LogP contribution < -0.4 is 20.5 Å². The molecular weight excluding hydrogens is 248 g/mol. The van der Waals surface area contributed by atoms with Crippen molar-refractivity contribution in [3.05, 3.63) is 23.8 Å². The molecule has 19 heavy (non-hydrogen) atoms. The van der Waals surface area contributed by atoms with Crippen molar-refractivity contribution in [3.63, 3.8) is 0 Å². The van der Waals surface area contributed by atoms with Gasteiger partial charge in [0.05, 0.1) is 19.1 Å². The third-order valence-corrected chi connectivity index (χ3v) is 3.39. The second kappa shape index (κ2) is 5.07. The van der Waals surface area contributed by atoms with E-state index in [1.165, 1.54) is 0 Å². The first kappa shape index (κ1) is 12.3. The van der Waals surface area contributed by atoms with Crippen LogP contribution in [0.1, 0.15) is 5.56 Å². The first-order valence-electron chi connectivity index (χ1n) is 6.24. The minimum Gasteiger partial charge on any atom is -0.454 e. The minimum absolute atomic E-state index is 0.0819. The summed E-state index contributed by atoms with van der Waals surface area (Å²) in [5.74, 6) is 1.07. The molecule has 2 heterocycles. The monoisotopic (exact) mass is 264 g/mol. The molecule has 3 rings (SSSR count). The second-order valence-electron chi connectivity index (χ2n) is 4.68. The number of amides is 1. The van der Waals surface area contributed by atoms with Gasteiger partial charge in [0, 0.05) is 18.2 Å². The maximum absolute atomic E-state index is 12.0. The van der Waals surface area contributed by atoms with Crippen LogP contribution in [0.3, 0.4) is 0 Å². The molecule has 0 saturated carbocycles. The number of carbonyl (C=O) groups excluding carboxylic acids is 1. The second-order valence-corrected chi connectivity index (χ2v) is 4.68. The van der Waals surface area contributed by atoms with E-state index in [1.54, 1.807) is 0 Å². The Hall–Kier alpha value is -1.79. The molecule has 1 aromatic carbocycles. The van der Waals surface area contributed by atoms with E-state index in [1.807, 2.05) is 18.2 Å². The van der Waals surface area contributed by atoms with E-state index in [0.717, 1.165) is 5.56 Å². The van der Waals surface area contributed by atoms with Crippen LogP contribution in [-0.2, 0) is 16.1 Å². The number of carbonyl (C=O) groups is 1. The topological polar surface area (TPSA) is 82.8 Å². The zero-order valence-corrected chi connectivity index (χ0v) is 10.4. The van der Waals surface area contributed by atoms with Gasteiger partial charge in [-0.2, -0.15) is 0 Å². The van der Waals surface area contributed by atoms with Crippen LogP contribution in [0.2, 0.25) is 0 Å². The molecule has 0 aliphatic carbocycles. The number of hydrogen-bond donors (Lipinski definition) is 2. The van der Waals surface area contributed by atoms with Crippen molar-refractivity contribution in [3.8, 4) is 11.5 Å². The summed E-state index contributed by atoms with van der Waals surface area (Å²) in [7, 11) is 0. The van der Waals surface area contributed by atoms with Crippen molar-refractivity contribution < 1.29 is 19.0 Å². The van der Waals surface area contributed by atoms with Gasteiger partial charge in [0.15, 0.2) is 11.5 Å². The number of para-hydroxylation sites is 1. The average Bonchev–Trinajstić information content (AvgIpc) is 3.04. The molecule has 2 atom stereocenters. The fourth-order valence-electron chi connectivity index (χ4n) is 2.28. The lowest BCUT2D eigenvalue weighted by Gasteiger charge is -2.14. The Morgan fingerprint density at radius 1 is 1.37 bits per heavy atom. The quantitative estimate of drug-likeness (QED) is 0.803. The Kier molecular flexibility index (Phi) is 3.27. The third kappa shape index (κ3) is 2.36. The van der Waals surface area contributed by atoms with Gasteiger partial charge in [-0.25, -0.2) is 0 Å². The number of rotatable bonds is 3. The number of nitrogens with two attached hydrogens (primary N) is 1. The highest BCUT2D eigenvalue weighted by Gasteiger charge is 2.31. The highest BCUT2D eigenvalue weighted by Crippen LogP contribution is 2.35. The summed E-state index contributed by atoms with van der Waals surface area (Å²) < 4.78 is 15.9. The predicted molar refractivity (Wildman–Crippen MR) is 66.7 cm³/mol. The van der Waals surface area contributed by atoms with Gasteiger partial charge in [-0.15, -0.1) is 0 Å². The lowest BCUT2D eigenvalue weighted by Crippen LogP contribution is -2.40. The summed E-state index contributed by atoms with van der Waals surface area (Å²) in [6.07, 6.45) is 0. The maximum Gasteiger partial charge on any atom is 0.231 e. The number of hydrogen-bond acceptors (Lipinski definition) is 5. The normalized spacial score (nSPS) is 24.5. The van der Waals surface area contributed by atoms with Gasteiger partial charge in [0.1, 0.15) is 0 Å². The molecule has 1 aromatic rings. The van der Waals surface area contributed by atoms with Crippen molar-refractivity contribution in [1.29, 1.82) is 0 Å². The minimum atomic E-state index is -0.270. The van der Waals surface area contributed by atoms with Crippen molar-refractivity contribution in [1.82, 2.24) is 5.32 Å². The Bertz CT molecular complexity index is 492. The fraction of sp³-hybridized carbons (Fsp3) is 0.462. The Morgan fingerprint density at radius 3 is 3.05 bits per heavy atom. The van der Waals surface area contributed by atoms with Crippen LogP contribution in [0.15, 0.2) is 18.2 Å².